The van der Waals surface area contributed by atoms with Crippen LogP contribution in [0.2, 0.25) is 0 Å². The van der Waals surface area contributed by atoms with Crippen molar-refractivity contribution in [2.24, 2.45) is 5.92 Å². The maximum Gasteiger partial charge on any atom is 0.225 e. The highest BCUT2D eigenvalue weighted by molar-refractivity contribution is 5.79. The molecule has 0 bridgehead atoms. The van der Waals surface area contributed by atoms with Crippen LogP contribution in [0.25, 0.3) is 0 Å². The molecule has 1 aromatic rings. The van der Waals surface area contributed by atoms with Gasteiger partial charge in [-0.25, -0.2) is 4.98 Å². The van der Waals surface area contributed by atoms with Gasteiger partial charge in [-0.15, -0.1) is 0 Å². The number of hydrogen-bond donors (Lipinski definition) is 1. The predicted molar refractivity (Wildman–Crippen MR) is 76.8 cm³/mol. The number of hydrogen-bond acceptors (Lipinski definition) is 3. The SMILES string of the molecule is CCCNc1ncccc1CN1CCCC(C)C1=O. The van der Waals surface area contributed by atoms with Gasteiger partial charge in [-0.3, -0.25) is 4.79 Å². The fourth-order valence-corrected chi connectivity index (χ4v) is 2.47. The van der Waals surface area contributed by atoms with Gasteiger partial charge in [0.15, 0.2) is 0 Å². The molecule has 1 N–H and O–H groups in total. The predicted octanol–water partition coefficient (Wildman–Crippen LogP) is 2.66. The maximum atomic E-state index is 12.1. The zero-order valence-corrected chi connectivity index (χ0v) is 11.9. The molecule has 4 nitrogen and oxygen atoms in total. The average Bonchev–Trinajstić information content (AvgIpc) is 2.43. The van der Waals surface area contributed by atoms with Crippen molar-refractivity contribution in [2.45, 2.75) is 39.7 Å². The summed E-state index contributed by atoms with van der Waals surface area (Å²) >= 11 is 0. The molecule has 0 spiro atoms. The quantitative estimate of drug-likeness (QED) is 0.886. The minimum absolute atomic E-state index is 0.164. The Hall–Kier alpha value is -1.58. The van der Waals surface area contributed by atoms with Crippen LogP contribution in [0.3, 0.4) is 0 Å². The fraction of sp³-hybridized carbons (Fsp3) is 0.600. The standard InChI is InChI=1S/C15H23N3O/c1-3-8-16-14-13(7-4-9-17-14)11-18-10-5-6-12(2)15(18)19/h4,7,9,12H,3,5-6,8,10-11H2,1-2H3,(H,16,17). The molecule has 1 aliphatic rings. The van der Waals surface area contributed by atoms with E-state index in [1.807, 2.05) is 17.9 Å². The topological polar surface area (TPSA) is 45.2 Å². The first kappa shape index (κ1) is 13.8. The summed E-state index contributed by atoms with van der Waals surface area (Å²) in [5.41, 5.74) is 1.11. The minimum Gasteiger partial charge on any atom is -0.370 e. The van der Waals surface area contributed by atoms with E-state index in [1.165, 1.54) is 0 Å². The Labute approximate surface area is 115 Å². The molecule has 104 valence electrons. The summed E-state index contributed by atoms with van der Waals surface area (Å²) < 4.78 is 0. The Bertz CT molecular complexity index is 433. The van der Waals surface area contributed by atoms with E-state index in [2.05, 4.69) is 23.3 Å². The van der Waals surface area contributed by atoms with Crippen LogP contribution >= 0.6 is 0 Å². The third-order valence-corrected chi connectivity index (χ3v) is 3.59. The van der Waals surface area contributed by atoms with Crippen LogP contribution in [0.5, 0.6) is 0 Å². The molecule has 4 heteroatoms. The van der Waals surface area contributed by atoms with Crippen LogP contribution in [0.1, 0.15) is 38.7 Å². The summed E-state index contributed by atoms with van der Waals surface area (Å²) in [5, 5.41) is 3.33. The third kappa shape index (κ3) is 3.46. The fourth-order valence-electron chi connectivity index (χ4n) is 2.47. The molecule has 1 aromatic heterocycles. The number of anilines is 1. The van der Waals surface area contributed by atoms with Crippen molar-refractivity contribution in [3.63, 3.8) is 0 Å². The lowest BCUT2D eigenvalue weighted by molar-refractivity contribution is -0.138. The van der Waals surface area contributed by atoms with Gasteiger partial charge in [-0.2, -0.15) is 0 Å². The van der Waals surface area contributed by atoms with Crippen LogP contribution in [-0.2, 0) is 11.3 Å². The van der Waals surface area contributed by atoms with E-state index in [1.54, 1.807) is 6.20 Å². The number of nitrogens with one attached hydrogen (secondary N) is 1. The molecule has 1 atom stereocenters. The highest BCUT2D eigenvalue weighted by Gasteiger charge is 2.25. The minimum atomic E-state index is 0.164. The smallest absolute Gasteiger partial charge is 0.225 e. The first-order chi connectivity index (χ1) is 9.22. The van der Waals surface area contributed by atoms with Crippen molar-refractivity contribution in [3.8, 4) is 0 Å². The van der Waals surface area contributed by atoms with Gasteiger partial charge >= 0.3 is 0 Å². The molecular weight excluding hydrogens is 238 g/mol. The van der Waals surface area contributed by atoms with Gasteiger partial charge in [-0.05, 0) is 25.3 Å². The largest absolute Gasteiger partial charge is 0.370 e. The van der Waals surface area contributed by atoms with E-state index in [0.717, 1.165) is 43.7 Å². The third-order valence-electron chi connectivity index (χ3n) is 3.59. The van der Waals surface area contributed by atoms with E-state index in [9.17, 15) is 4.79 Å². The number of carbonyl (C=O) groups is 1. The van der Waals surface area contributed by atoms with Gasteiger partial charge in [0.1, 0.15) is 5.82 Å². The van der Waals surface area contributed by atoms with Crippen molar-refractivity contribution < 1.29 is 4.79 Å². The molecule has 1 aliphatic heterocycles. The zero-order valence-electron chi connectivity index (χ0n) is 11.9. The van der Waals surface area contributed by atoms with E-state index in [-0.39, 0.29) is 11.8 Å². The monoisotopic (exact) mass is 261 g/mol. The Morgan fingerprint density at radius 3 is 3.16 bits per heavy atom. The van der Waals surface area contributed by atoms with Crippen molar-refractivity contribution in [2.75, 3.05) is 18.4 Å². The molecular formula is C15H23N3O. The summed E-state index contributed by atoms with van der Waals surface area (Å²) in [6, 6.07) is 3.99. The molecule has 0 aliphatic carbocycles. The summed E-state index contributed by atoms with van der Waals surface area (Å²) in [5.74, 6) is 1.35. The van der Waals surface area contributed by atoms with E-state index in [4.69, 9.17) is 0 Å². The molecule has 2 heterocycles. The molecule has 1 amide bonds. The van der Waals surface area contributed by atoms with Gasteiger partial charge in [0, 0.05) is 37.3 Å². The number of pyridine rings is 1. The molecule has 0 radical (unpaired) electrons. The Balaban J connectivity index is 2.07. The number of carbonyl (C=O) groups excluding carboxylic acids is 1. The molecule has 2 rings (SSSR count). The van der Waals surface area contributed by atoms with Crippen LogP contribution in [-0.4, -0.2) is 28.9 Å². The number of aromatic nitrogens is 1. The lowest BCUT2D eigenvalue weighted by atomic mass is 9.99. The van der Waals surface area contributed by atoms with Crippen molar-refractivity contribution in [1.29, 1.82) is 0 Å². The van der Waals surface area contributed by atoms with E-state index >= 15 is 0 Å². The van der Waals surface area contributed by atoms with Crippen molar-refractivity contribution in [1.82, 2.24) is 9.88 Å². The molecule has 0 aromatic carbocycles. The Morgan fingerprint density at radius 1 is 1.53 bits per heavy atom. The lowest BCUT2D eigenvalue weighted by Crippen LogP contribution is -2.39. The molecule has 19 heavy (non-hydrogen) atoms. The average molecular weight is 261 g/mol. The lowest BCUT2D eigenvalue weighted by Gasteiger charge is -2.31. The van der Waals surface area contributed by atoms with Crippen molar-refractivity contribution in [3.05, 3.63) is 23.9 Å². The first-order valence-corrected chi connectivity index (χ1v) is 7.19. The van der Waals surface area contributed by atoms with Gasteiger partial charge < -0.3 is 10.2 Å². The van der Waals surface area contributed by atoms with E-state index in [0.29, 0.717) is 6.54 Å². The summed E-state index contributed by atoms with van der Waals surface area (Å²) in [6.07, 6.45) is 4.98. The first-order valence-electron chi connectivity index (χ1n) is 7.19. The van der Waals surface area contributed by atoms with Crippen LogP contribution in [0.15, 0.2) is 18.3 Å². The number of piperidine rings is 1. The molecule has 0 saturated carbocycles. The zero-order chi connectivity index (χ0) is 13.7. The van der Waals surface area contributed by atoms with Crippen LogP contribution in [0.4, 0.5) is 5.82 Å². The van der Waals surface area contributed by atoms with Gasteiger partial charge in [0.2, 0.25) is 5.91 Å². The summed E-state index contributed by atoms with van der Waals surface area (Å²) in [6.45, 7) is 6.60. The van der Waals surface area contributed by atoms with Gasteiger partial charge in [0.05, 0.1) is 0 Å². The second-order valence-corrected chi connectivity index (χ2v) is 5.24. The van der Waals surface area contributed by atoms with Crippen LogP contribution < -0.4 is 5.32 Å². The number of likely N-dealkylation sites (tertiary alicyclic amines) is 1. The molecule has 1 saturated heterocycles. The number of rotatable bonds is 5. The molecule has 1 unspecified atom stereocenters. The highest BCUT2D eigenvalue weighted by Crippen LogP contribution is 2.21. The number of nitrogens with zero attached hydrogens (tertiary/aromatic N) is 2. The van der Waals surface area contributed by atoms with Gasteiger partial charge in [-0.1, -0.05) is 19.9 Å². The maximum absolute atomic E-state index is 12.1. The molecule has 1 fully saturated rings. The second-order valence-electron chi connectivity index (χ2n) is 5.24. The number of amides is 1. The van der Waals surface area contributed by atoms with Gasteiger partial charge in [0.25, 0.3) is 0 Å². The highest BCUT2D eigenvalue weighted by atomic mass is 16.2. The normalized spacial score (nSPS) is 19.6. The summed E-state index contributed by atoms with van der Waals surface area (Å²) in [4.78, 5) is 18.5. The second kappa shape index (κ2) is 6.55. The van der Waals surface area contributed by atoms with Crippen LogP contribution in [0, 0.1) is 5.92 Å². The Kier molecular flexibility index (Phi) is 4.77. The van der Waals surface area contributed by atoms with Crippen molar-refractivity contribution >= 4 is 11.7 Å². The summed E-state index contributed by atoms with van der Waals surface area (Å²) in [7, 11) is 0. The Morgan fingerprint density at radius 2 is 2.37 bits per heavy atom. The van der Waals surface area contributed by atoms with E-state index < -0.39 is 0 Å².